The molecule has 0 atom stereocenters. The normalized spacial score (nSPS) is 13.0. The summed E-state index contributed by atoms with van der Waals surface area (Å²) < 4.78 is 0.836. The van der Waals surface area contributed by atoms with Crippen molar-refractivity contribution in [3.63, 3.8) is 0 Å². The van der Waals surface area contributed by atoms with E-state index in [2.05, 4.69) is 47.4 Å². The first-order valence-corrected chi connectivity index (χ1v) is 9.53. The third kappa shape index (κ3) is 2.65. The molecule has 1 aliphatic rings. The zero-order chi connectivity index (χ0) is 19.3. The van der Waals surface area contributed by atoms with E-state index in [0.29, 0.717) is 23.0 Å². The van der Waals surface area contributed by atoms with E-state index in [-0.39, 0.29) is 11.6 Å². The summed E-state index contributed by atoms with van der Waals surface area (Å²) in [6.07, 6.45) is 1.56. The number of aromatic nitrogens is 3. The van der Waals surface area contributed by atoms with E-state index < -0.39 is 5.91 Å². The molecule has 8 heteroatoms. The lowest BCUT2D eigenvalue weighted by atomic mass is 9.89. The van der Waals surface area contributed by atoms with Crippen LogP contribution >= 0.6 is 15.9 Å². The van der Waals surface area contributed by atoms with E-state index in [1.54, 1.807) is 6.07 Å². The van der Waals surface area contributed by atoms with Gasteiger partial charge in [-0.25, -0.2) is 0 Å². The summed E-state index contributed by atoms with van der Waals surface area (Å²) in [5, 5.41) is 25.8. The molecule has 4 aromatic rings. The van der Waals surface area contributed by atoms with Crippen LogP contribution in [0, 0.1) is 0 Å². The molecule has 7 nitrogen and oxygen atoms in total. The predicted octanol–water partition coefficient (Wildman–Crippen LogP) is 5.05. The van der Waals surface area contributed by atoms with Gasteiger partial charge in [0, 0.05) is 21.0 Å². The van der Waals surface area contributed by atoms with Gasteiger partial charge in [0.1, 0.15) is 5.69 Å². The summed E-state index contributed by atoms with van der Waals surface area (Å²) in [4.78, 5) is 15.5. The highest BCUT2D eigenvalue weighted by Gasteiger charge is 2.25. The molecule has 2 aromatic heterocycles. The second kappa shape index (κ2) is 6.42. The number of aromatic amines is 2. The molecule has 5 rings (SSSR count). The second-order valence-corrected chi connectivity index (χ2v) is 7.52. The molecule has 0 spiro atoms. The Morgan fingerprint density at radius 3 is 2.93 bits per heavy atom. The van der Waals surface area contributed by atoms with Crippen LogP contribution in [0.5, 0.6) is 5.88 Å². The lowest BCUT2D eigenvalue weighted by molar-refractivity contribution is 0.0989. The monoisotopic (exact) mass is 435 g/mol. The minimum atomic E-state index is -0.517. The van der Waals surface area contributed by atoms with Gasteiger partial charge in [-0.1, -0.05) is 40.2 Å². The molecule has 0 fully saturated rings. The molecule has 3 N–H and O–H groups in total. The zero-order valence-corrected chi connectivity index (χ0v) is 16.1. The molecule has 2 heterocycles. The van der Waals surface area contributed by atoms with Crippen LogP contribution in [0.1, 0.15) is 21.6 Å². The SMILES string of the molecule is O=C(N=Nc1c(O)[nH]c2ccc(Br)cc12)c1[nH]nc2c1CCc1ccccc1-2. The standard InChI is InChI=1S/C20H14BrN5O2/c21-11-6-8-15-14(9-11)18(19(27)22-15)25-26-20(28)17-13-7-5-10-3-1-2-4-12(10)16(13)23-24-17/h1-4,6,8-9,22,27H,5,7H2,(H,23,24). The van der Waals surface area contributed by atoms with E-state index in [9.17, 15) is 9.90 Å². The Hall–Kier alpha value is -3.26. The van der Waals surface area contributed by atoms with Crippen molar-refractivity contribution in [3.8, 4) is 17.1 Å². The average Bonchev–Trinajstić information content (AvgIpc) is 3.27. The van der Waals surface area contributed by atoms with Crippen LogP contribution in [-0.4, -0.2) is 26.2 Å². The van der Waals surface area contributed by atoms with Crippen molar-refractivity contribution in [3.05, 3.63) is 63.8 Å². The largest absolute Gasteiger partial charge is 0.493 e. The van der Waals surface area contributed by atoms with Gasteiger partial charge in [-0.2, -0.15) is 5.10 Å². The average molecular weight is 436 g/mol. The number of azo groups is 1. The third-order valence-corrected chi connectivity index (χ3v) is 5.45. The fourth-order valence-corrected chi connectivity index (χ4v) is 3.98. The summed E-state index contributed by atoms with van der Waals surface area (Å²) in [7, 11) is 0. The van der Waals surface area contributed by atoms with Crippen molar-refractivity contribution >= 4 is 38.4 Å². The minimum Gasteiger partial charge on any atom is -0.493 e. The summed E-state index contributed by atoms with van der Waals surface area (Å²) in [5.74, 6) is -0.651. The van der Waals surface area contributed by atoms with Crippen molar-refractivity contribution < 1.29 is 9.90 Å². The van der Waals surface area contributed by atoms with Gasteiger partial charge < -0.3 is 10.1 Å². The number of carbonyl (C=O) groups is 1. The molecule has 1 aliphatic carbocycles. The van der Waals surface area contributed by atoms with Crippen LogP contribution in [0.2, 0.25) is 0 Å². The van der Waals surface area contributed by atoms with Crippen molar-refractivity contribution in [2.75, 3.05) is 0 Å². The van der Waals surface area contributed by atoms with Crippen molar-refractivity contribution in [2.45, 2.75) is 12.8 Å². The lowest BCUT2D eigenvalue weighted by Gasteiger charge is -2.14. The summed E-state index contributed by atoms with van der Waals surface area (Å²) in [5.41, 5.74) is 5.18. The third-order valence-electron chi connectivity index (χ3n) is 4.95. The topological polar surface area (TPSA) is 106 Å². The van der Waals surface area contributed by atoms with Gasteiger partial charge in [-0.15, -0.1) is 10.2 Å². The Balaban J connectivity index is 1.51. The quantitative estimate of drug-likeness (QED) is 0.383. The molecule has 0 saturated carbocycles. The number of carbonyl (C=O) groups excluding carboxylic acids is 1. The van der Waals surface area contributed by atoms with Crippen LogP contribution in [0.15, 0.2) is 57.2 Å². The zero-order valence-electron chi connectivity index (χ0n) is 14.5. The van der Waals surface area contributed by atoms with Crippen molar-refractivity contribution in [1.29, 1.82) is 0 Å². The summed E-state index contributed by atoms with van der Waals surface area (Å²) in [6.45, 7) is 0. The van der Waals surface area contributed by atoms with Crippen molar-refractivity contribution in [1.82, 2.24) is 15.2 Å². The second-order valence-electron chi connectivity index (χ2n) is 6.60. The Bertz CT molecular complexity index is 1270. The molecular formula is C20H14BrN5O2. The molecule has 2 aromatic carbocycles. The number of nitrogens with zero attached hydrogens (tertiary/aromatic N) is 3. The number of hydrogen-bond donors (Lipinski definition) is 3. The number of amides is 1. The number of benzene rings is 2. The van der Waals surface area contributed by atoms with Crippen LogP contribution < -0.4 is 0 Å². The molecule has 0 bridgehead atoms. The first-order chi connectivity index (χ1) is 13.6. The van der Waals surface area contributed by atoms with Crippen LogP contribution in [0.3, 0.4) is 0 Å². The number of halogens is 1. The maximum absolute atomic E-state index is 12.7. The number of aromatic hydroxyl groups is 1. The van der Waals surface area contributed by atoms with Crippen LogP contribution in [0.25, 0.3) is 22.2 Å². The predicted molar refractivity (Wildman–Crippen MR) is 108 cm³/mol. The van der Waals surface area contributed by atoms with Crippen molar-refractivity contribution in [2.24, 2.45) is 10.2 Å². The van der Waals surface area contributed by atoms with Gasteiger partial charge in [-0.05, 0) is 36.6 Å². The van der Waals surface area contributed by atoms with Gasteiger partial charge >= 0.3 is 5.91 Å². The maximum atomic E-state index is 12.7. The highest BCUT2D eigenvalue weighted by molar-refractivity contribution is 9.10. The Morgan fingerprint density at radius 1 is 1.18 bits per heavy atom. The van der Waals surface area contributed by atoms with Gasteiger partial charge in [0.2, 0.25) is 5.88 Å². The Morgan fingerprint density at radius 2 is 2.04 bits per heavy atom. The molecule has 0 radical (unpaired) electrons. The smallest absolute Gasteiger partial charge is 0.313 e. The highest BCUT2D eigenvalue weighted by Crippen LogP contribution is 2.37. The lowest BCUT2D eigenvalue weighted by Crippen LogP contribution is -2.06. The van der Waals surface area contributed by atoms with E-state index in [1.165, 1.54) is 5.56 Å². The molecular weight excluding hydrogens is 422 g/mol. The maximum Gasteiger partial charge on any atom is 0.313 e. The molecule has 0 saturated heterocycles. The van der Waals surface area contributed by atoms with Crippen LogP contribution in [-0.2, 0) is 12.8 Å². The van der Waals surface area contributed by atoms with E-state index >= 15 is 0 Å². The first kappa shape index (κ1) is 16.9. The molecule has 28 heavy (non-hydrogen) atoms. The number of nitrogens with one attached hydrogen (secondary N) is 2. The molecule has 0 unspecified atom stereocenters. The molecule has 0 aliphatic heterocycles. The van der Waals surface area contributed by atoms with E-state index in [0.717, 1.165) is 27.7 Å². The fourth-order valence-electron chi connectivity index (χ4n) is 3.62. The van der Waals surface area contributed by atoms with Crippen LogP contribution in [0.4, 0.5) is 5.69 Å². The molecule has 1 amide bonds. The van der Waals surface area contributed by atoms with Gasteiger partial charge in [0.25, 0.3) is 0 Å². The minimum absolute atomic E-state index is 0.134. The van der Waals surface area contributed by atoms with Gasteiger partial charge in [-0.3, -0.25) is 9.89 Å². The number of hydrogen-bond acceptors (Lipinski definition) is 4. The number of aryl methyl sites for hydroxylation is 1. The number of H-pyrrole nitrogens is 2. The van der Waals surface area contributed by atoms with Gasteiger partial charge in [0.05, 0.1) is 11.2 Å². The van der Waals surface area contributed by atoms with E-state index in [4.69, 9.17) is 0 Å². The Kier molecular flexibility index (Phi) is 3.87. The first-order valence-electron chi connectivity index (χ1n) is 8.73. The summed E-state index contributed by atoms with van der Waals surface area (Å²) in [6, 6.07) is 13.5. The number of rotatable bonds is 2. The van der Waals surface area contributed by atoms with E-state index in [1.807, 2.05) is 30.3 Å². The highest BCUT2D eigenvalue weighted by atomic mass is 79.9. The fraction of sp³-hybridized carbons (Fsp3) is 0.100. The summed E-state index contributed by atoms with van der Waals surface area (Å²) >= 11 is 3.39. The Labute approximate surface area is 167 Å². The number of fused-ring (bicyclic) bond motifs is 4. The molecule has 138 valence electrons. The van der Waals surface area contributed by atoms with Gasteiger partial charge in [0.15, 0.2) is 5.69 Å².